The van der Waals surface area contributed by atoms with E-state index in [0.29, 0.717) is 17.9 Å². The van der Waals surface area contributed by atoms with Crippen LogP contribution in [0.3, 0.4) is 0 Å². The molecule has 7 nitrogen and oxygen atoms in total. The molecule has 28 heavy (non-hydrogen) atoms. The summed E-state index contributed by atoms with van der Waals surface area (Å²) >= 11 is 0. The van der Waals surface area contributed by atoms with Crippen LogP contribution in [0, 0.1) is 0 Å². The van der Waals surface area contributed by atoms with E-state index < -0.39 is 21.8 Å². The lowest BCUT2D eigenvalue weighted by molar-refractivity contribution is -0.139. The molecule has 0 aromatic heterocycles. The quantitative estimate of drug-likeness (QED) is 0.703. The Morgan fingerprint density at radius 3 is 2.36 bits per heavy atom. The Bertz CT molecular complexity index is 776. The number of rotatable bonds is 6. The number of sulfonamides is 1. The first-order valence-corrected chi connectivity index (χ1v) is 11.6. The van der Waals surface area contributed by atoms with Crippen LogP contribution in [0.2, 0.25) is 0 Å². The summed E-state index contributed by atoms with van der Waals surface area (Å²) in [7, 11) is -3.55. The molecule has 1 saturated carbocycles. The van der Waals surface area contributed by atoms with Gasteiger partial charge in [0.2, 0.25) is 10.0 Å². The van der Waals surface area contributed by atoms with Crippen molar-refractivity contribution < 1.29 is 18.0 Å². The SMILES string of the molecule is O=C(NCC[C@@H]1CCCCN1S(=O)(=O)c1ccccc1)C(=O)NC1CCCC1. The minimum atomic E-state index is -3.55. The maximum absolute atomic E-state index is 13.0. The molecule has 1 aromatic rings. The third kappa shape index (κ3) is 5.11. The number of hydrogen-bond acceptors (Lipinski definition) is 4. The molecule has 1 saturated heterocycles. The Hall–Kier alpha value is -1.93. The summed E-state index contributed by atoms with van der Waals surface area (Å²) in [5, 5.41) is 5.41. The average molecular weight is 408 g/mol. The molecule has 154 valence electrons. The lowest BCUT2D eigenvalue weighted by atomic mass is 10.0. The Morgan fingerprint density at radius 1 is 0.964 bits per heavy atom. The van der Waals surface area contributed by atoms with Crippen LogP contribution >= 0.6 is 0 Å². The Morgan fingerprint density at radius 2 is 1.64 bits per heavy atom. The van der Waals surface area contributed by atoms with Crippen LogP contribution in [0.15, 0.2) is 35.2 Å². The summed E-state index contributed by atoms with van der Waals surface area (Å²) in [4.78, 5) is 24.3. The molecule has 0 bridgehead atoms. The third-order valence-electron chi connectivity index (χ3n) is 5.58. The molecule has 2 amide bonds. The zero-order chi connectivity index (χ0) is 20.0. The highest BCUT2D eigenvalue weighted by Gasteiger charge is 2.33. The molecular formula is C20H29N3O4S. The number of carbonyl (C=O) groups excluding carboxylic acids is 2. The van der Waals surface area contributed by atoms with E-state index in [1.165, 1.54) is 0 Å². The van der Waals surface area contributed by atoms with Gasteiger partial charge < -0.3 is 10.6 Å². The summed E-state index contributed by atoms with van der Waals surface area (Å²) in [6, 6.07) is 8.37. The molecule has 2 fully saturated rings. The average Bonchev–Trinajstić information content (AvgIpc) is 3.22. The Labute approximate surface area is 166 Å². The van der Waals surface area contributed by atoms with Crippen molar-refractivity contribution in [1.29, 1.82) is 0 Å². The highest BCUT2D eigenvalue weighted by molar-refractivity contribution is 7.89. The molecule has 2 aliphatic rings. The lowest BCUT2D eigenvalue weighted by Gasteiger charge is -2.34. The predicted octanol–water partition coefficient (Wildman–Crippen LogP) is 1.79. The van der Waals surface area contributed by atoms with Crippen molar-refractivity contribution in [3.8, 4) is 0 Å². The Balaban J connectivity index is 1.53. The second-order valence-electron chi connectivity index (χ2n) is 7.58. The zero-order valence-corrected chi connectivity index (χ0v) is 16.9. The van der Waals surface area contributed by atoms with E-state index in [4.69, 9.17) is 0 Å². The van der Waals surface area contributed by atoms with E-state index in [9.17, 15) is 18.0 Å². The molecule has 2 N–H and O–H groups in total. The number of carbonyl (C=O) groups is 2. The standard InChI is InChI=1S/C20H29N3O4S/c24-19(20(25)22-16-8-4-5-9-16)21-14-13-17-10-6-7-15-23(17)28(26,27)18-11-2-1-3-12-18/h1-3,11-12,16-17H,4-10,13-15H2,(H,21,24)(H,22,25)/t17-/m0/s1. The smallest absolute Gasteiger partial charge is 0.309 e. The molecule has 3 rings (SSSR count). The van der Waals surface area contributed by atoms with Crippen LogP contribution in [0.4, 0.5) is 0 Å². The summed E-state index contributed by atoms with van der Waals surface area (Å²) in [5.41, 5.74) is 0. The molecule has 0 spiro atoms. The van der Waals surface area contributed by atoms with Gasteiger partial charge in [0.15, 0.2) is 0 Å². The van der Waals surface area contributed by atoms with Gasteiger partial charge in [-0.1, -0.05) is 37.5 Å². The van der Waals surface area contributed by atoms with Crippen LogP contribution in [-0.4, -0.2) is 49.7 Å². The fourth-order valence-electron chi connectivity index (χ4n) is 4.06. The van der Waals surface area contributed by atoms with Gasteiger partial charge in [-0.05, 0) is 44.2 Å². The molecule has 0 unspecified atom stereocenters. The highest BCUT2D eigenvalue weighted by atomic mass is 32.2. The first-order valence-electron chi connectivity index (χ1n) is 10.1. The molecule has 1 aliphatic carbocycles. The predicted molar refractivity (Wildman–Crippen MR) is 106 cm³/mol. The second kappa shape index (κ2) is 9.52. The van der Waals surface area contributed by atoms with E-state index in [2.05, 4.69) is 10.6 Å². The van der Waals surface area contributed by atoms with E-state index >= 15 is 0 Å². The van der Waals surface area contributed by atoms with Gasteiger partial charge in [0.05, 0.1) is 4.90 Å². The lowest BCUT2D eigenvalue weighted by Crippen LogP contribution is -2.47. The topological polar surface area (TPSA) is 95.6 Å². The summed E-state index contributed by atoms with van der Waals surface area (Å²) in [6.07, 6.45) is 7.06. The van der Waals surface area contributed by atoms with Gasteiger partial charge in [-0.2, -0.15) is 4.31 Å². The van der Waals surface area contributed by atoms with Gasteiger partial charge >= 0.3 is 11.8 Å². The fourth-order valence-corrected chi connectivity index (χ4v) is 5.81. The fraction of sp³-hybridized carbons (Fsp3) is 0.600. The normalized spacial score (nSPS) is 21.4. The molecular weight excluding hydrogens is 378 g/mol. The second-order valence-corrected chi connectivity index (χ2v) is 9.47. The number of nitrogens with one attached hydrogen (secondary N) is 2. The maximum atomic E-state index is 13.0. The van der Waals surface area contributed by atoms with Gasteiger partial charge in [-0.25, -0.2) is 8.42 Å². The van der Waals surface area contributed by atoms with Crippen molar-refractivity contribution >= 4 is 21.8 Å². The highest BCUT2D eigenvalue weighted by Crippen LogP contribution is 2.26. The number of nitrogens with zero attached hydrogens (tertiary/aromatic N) is 1. The monoisotopic (exact) mass is 407 g/mol. The van der Waals surface area contributed by atoms with Crippen molar-refractivity contribution in [2.75, 3.05) is 13.1 Å². The number of piperidine rings is 1. The molecule has 1 heterocycles. The molecule has 1 atom stereocenters. The minimum absolute atomic E-state index is 0.100. The first-order chi connectivity index (χ1) is 13.5. The Kier molecular flexibility index (Phi) is 7.07. The first kappa shape index (κ1) is 20.8. The van der Waals surface area contributed by atoms with Crippen molar-refractivity contribution in [2.45, 2.75) is 68.3 Å². The van der Waals surface area contributed by atoms with Gasteiger partial charge in [-0.3, -0.25) is 9.59 Å². The van der Waals surface area contributed by atoms with E-state index in [1.807, 2.05) is 0 Å². The summed E-state index contributed by atoms with van der Waals surface area (Å²) in [5.74, 6) is -1.23. The van der Waals surface area contributed by atoms with Crippen molar-refractivity contribution in [1.82, 2.24) is 14.9 Å². The van der Waals surface area contributed by atoms with Crippen molar-refractivity contribution in [2.24, 2.45) is 0 Å². The molecule has 1 aromatic carbocycles. The summed E-state index contributed by atoms with van der Waals surface area (Å²) in [6.45, 7) is 0.764. The molecule has 0 radical (unpaired) electrons. The molecule has 1 aliphatic heterocycles. The van der Waals surface area contributed by atoms with E-state index in [0.717, 1.165) is 44.9 Å². The van der Waals surface area contributed by atoms with Gasteiger partial charge in [0.25, 0.3) is 0 Å². The van der Waals surface area contributed by atoms with Crippen LogP contribution in [-0.2, 0) is 19.6 Å². The van der Waals surface area contributed by atoms with Crippen LogP contribution in [0.5, 0.6) is 0 Å². The third-order valence-corrected chi connectivity index (χ3v) is 7.55. The van der Waals surface area contributed by atoms with E-state index in [1.54, 1.807) is 34.6 Å². The maximum Gasteiger partial charge on any atom is 0.309 e. The number of hydrogen-bond donors (Lipinski definition) is 2. The van der Waals surface area contributed by atoms with E-state index in [-0.39, 0.29) is 18.6 Å². The van der Waals surface area contributed by atoms with Crippen LogP contribution in [0.1, 0.15) is 51.4 Å². The van der Waals surface area contributed by atoms with Gasteiger partial charge in [0, 0.05) is 25.2 Å². The largest absolute Gasteiger partial charge is 0.348 e. The van der Waals surface area contributed by atoms with Gasteiger partial charge in [-0.15, -0.1) is 0 Å². The van der Waals surface area contributed by atoms with Crippen LogP contribution < -0.4 is 10.6 Å². The number of amides is 2. The molecule has 8 heteroatoms. The van der Waals surface area contributed by atoms with Crippen molar-refractivity contribution in [3.05, 3.63) is 30.3 Å². The summed E-state index contributed by atoms with van der Waals surface area (Å²) < 4.78 is 27.5. The van der Waals surface area contributed by atoms with Gasteiger partial charge in [0.1, 0.15) is 0 Å². The van der Waals surface area contributed by atoms with Crippen LogP contribution in [0.25, 0.3) is 0 Å². The minimum Gasteiger partial charge on any atom is -0.348 e. The number of benzene rings is 1. The van der Waals surface area contributed by atoms with Crippen molar-refractivity contribution in [3.63, 3.8) is 0 Å². The zero-order valence-electron chi connectivity index (χ0n) is 16.1.